The molecule has 0 fully saturated rings. The molecule has 6 heteroatoms. The fraction of sp³-hybridized carbons (Fsp3) is 0.0769. The molecule has 3 rings (SSSR count). The number of nitrogens with zero attached hydrogens (tertiary/aromatic N) is 2. The second-order valence-electron chi connectivity index (χ2n) is 4.24. The number of hydrogen-bond acceptors (Lipinski definition) is 2. The predicted octanol–water partition coefficient (Wildman–Crippen LogP) is 3.03. The number of aryl methyl sites for hydroxylation is 1. The van der Waals surface area contributed by atoms with Gasteiger partial charge in [-0.15, -0.1) is 0 Å². The van der Waals surface area contributed by atoms with Gasteiger partial charge in [-0.2, -0.15) is 5.10 Å². The van der Waals surface area contributed by atoms with Gasteiger partial charge in [0.15, 0.2) is 5.69 Å². The highest BCUT2D eigenvalue weighted by Gasteiger charge is 2.13. The standard InChI is InChI=1S/C13H10BrN3O2/c1-17-12(5-11(16-17)13(18)19)7-2-3-8-9(14)6-15-10(8)4-7/h2-6,15H,1H3,(H,18,19). The van der Waals surface area contributed by atoms with E-state index in [0.29, 0.717) is 0 Å². The van der Waals surface area contributed by atoms with E-state index in [1.807, 2.05) is 24.4 Å². The van der Waals surface area contributed by atoms with Crippen LogP contribution in [0.3, 0.4) is 0 Å². The van der Waals surface area contributed by atoms with Crippen LogP contribution in [-0.4, -0.2) is 25.8 Å². The van der Waals surface area contributed by atoms with E-state index in [0.717, 1.165) is 26.6 Å². The SMILES string of the molecule is Cn1nc(C(=O)O)cc1-c1ccc2c(Br)c[nH]c2c1. The Balaban J connectivity index is 2.15. The molecule has 0 aliphatic carbocycles. The number of carboxylic acids is 1. The minimum atomic E-state index is -1.02. The first-order valence-corrected chi connectivity index (χ1v) is 6.40. The Morgan fingerprint density at radius 2 is 2.21 bits per heavy atom. The Morgan fingerprint density at radius 3 is 2.89 bits per heavy atom. The average molecular weight is 320 g/mol. The number of halogens is 1. The predicted molar refractivity (Wildman–Crippen MR) is 75.2 cm³/mol. The first kappa shape index (κ1) is 12.0. The maximum absolute atomic E-state index is 10.9. The minimum absolute atomic E-state index is 0.0465. The van der Waals surface area contributed by atoms with Crippen molar-refractivity contribution in [3.05, 3.63) is 40.6 Å². The molecule has 0 aliphatic rings. The lowest BCUT2D eigenvalue weighted by Crippen LogP contribution is -1.99. The third-order valence-corrected chi connectivity index (χ3v) is 3.68. The van der Waals surface area contributed by atoms with Crippen LogP contribution >= 0.6 is 15.9 Å². The Kier molecular flexibility index (Phi) is 2.67. The van der Waals surface area contributed by atoms with Gasteiger partial charge in [0, 0.05) is 34.2 Å². The van der Waals surface area contributed by atoms with E-state index >= 15 is 0 Å². The van der Waals surface area contributed by atoms with Gasteiger partial charge in [-0.3, -0.25) is 4.68 Å². The zero-order valence-electron chi connectivity index (χ0n) is 10.0. The number of rotatable bonds is 2. The maximum atomic E-state index is 10.9. The Bertz CT molecular complexity index is 788. The van der Waals surface area contributed by atoms with Crippen molar-refractivity contribution >= 4 is 32.8 Å². The van der Waals surface area contributed by atoms with E-state index in [-0.39, 0.29) is 5.69 Å². The van der Waals surface area contributed by atoms with Crippen LogP contribution in [0, 0.1) is 0 Å². The first-order valence-electron chi connectivity index (χ1n) is 5.60. The molecule has 0 unspecified atom stereocenters. The van der Waals surface area contributed by atoms with Gasteiger partial charge >= 0.3 is 5.97 Å². The van der Waals surface area contributed by atoms with Crippen molar-refractivity contribution in [1.82, 2.24) is 14.8 Å². The number of aromatic nitrogens is 3. The second-order valence-corrected chi connectivity index (χ2v) is 5.09. The summed E-state index contributed by atoms with van der Waals surface area (Å²) in [7, 11) is 1.73. The molecule has 0 aliphatic heterocycles. The van der Waals surface area contributed by atoms with Crippen LogP contribution in [0.1, 0.15) is 10.5 Å². The lowest BCUT2D eigenvalue weighted by molar-refractivity contribution is 0.0689. The summed E-state index contributed by atoms with van der Waals surface area (Å²) in [5.41, 5.74) is 2.72. The summed E-state index contributed by atoms with van der Waals surface area (Å²) in [5.74, 6) is -1.02. The highest BCUT2D eigenvalue weighted by Crippen LogP contribution is 2.28. The monoisotopic (exact) mass is 319 g/mol. The first-order chi connectivity index (χ1) is 9.06. The smallest absolute Gasteiger partial charge is 0.356 e. The minimum Gasteiger partial charge on any atom is -0.476 e. The molecule has 1 aromatic carbocycles. The van der Waals surface area contributed by atoms with E-state index in [1.54, 1.807) is 17.8 Å². The zero-order chi connectivity index (χ0) is 13.6. The summed E-state index contributed by atoms with van der Waals surface area (Å²) >= 11 is 3.46. The Labute approximate surface area is 117 Å². The van der Waals surface area contributed by atoms with Crippen molar-refractivity contribution in [2.75, 3.05) is 0 Å². The topological polar surface area (TPSA) is 70.9 Å². The lowest BCUT2D eigenvalue weighted by Gasteiger charge is -2.02. The molecule has 0 bridgehead atoms. The van der Waals surface area contributed by atoms with Crippen LogP contribution in [0.15, 0.2) is 34.9 Å². The molecule has 0 saturated heterocycles. The van der Waals surface area contributed by atoms with Crippen LogP contribution < -0.4 is 0 Å². The number of aromatic carboxylic acids is 1. The molecule has 96 valence electrons. The Morgan fingerprint density at radius 1 is 1.42 bits per heavy atom. The molecular formula is C13H10BrN3O2. The molecule has 5 nitrogen and oxygen atoms in total. The molecule has 0 radical (unpaired) electrons. The van der Waals surface area contributed by atoms with Gasteiger partial charge in [0.25, 0.3) is 0 Å². The summed E-state index contributed by atoms with van der Waals surface area (Å²) in [6.45, 7) is 0. The summed E-state index contributed by atoms with van der Waals surface area (Å²) in [6, 6.07) is 7.48. The van der Waals surface area contributed by atoms with Gasteiger partial charge in [0.1, 0.15) is 0 Å². The zero-order valence-corrected chi connectivity index (χ0v) is 11.6. The lowest BCUT2D eigenvalue weighted by atomic mass is 10.1. The van der Waals surface area contributed by atoms with E-state index in [9.17, 15) is 4.79 Å². The van der Waals surface area contributed by atoms with E-state index in [4.69, 9.17) is 5.11 Å². The fourth-order valence-electron chi connectivity index (χ4n) is 2.09. The molecule has 0 spiro atoms. The number of carboxylic acid groups (broad SMARTS) is 1. The number of benzene rings is 1. The summed E-state index contributed by atoms with van der Waals surface area (Å²) < 4.78 is 2.58. The van der Waals surface area contributed by atoms with Crippen LogP contribution in [0.5, 0.6) is 0 Å². The molecule has 2 heterocycles. The van der Waals surface area contributed by atoms with Crippen molar-refractivity contribution in [2.45, 2.75) is 0 Å². The number of hydrogen-bond donors (Lipinski definition) is 2. The second kappa shape index (κ2) is 4.24. The molecule has 0 atom stereocenters. The van der Waals surface area contributed by atoms with Crippen molar-refractivity contribution in [3.63, 3.8) is 0 Å². The third kappa shape index (κ3) is 1.94. The van der Waals surface area contributed by atoms with E-state index in [2.05, 4.69) is 26.0 Å². The number of fused-ring (bicyclic) bond motifs is 1. The van der Waals surface area contributed by atoms with E-state index in [1.165, 1.54) is 0 Å². The molecule has 19 heavy (non-hydrogen) atoms. The van der Waals surface area contributed by atoms with Crippen LogP contribution in [0.2, 0.25) is 0 Å². The van der Waals surface area contributed by atoms with Gasteiger partial charge in [-0.25, -0.2) is 4.79 Å². The molecule has 3 aromatic rings. The number of nitrogens with one attached hydrogen (secondary N) is 1. The highest BCUT2D eigenvalue weighted by atomic mass is 79.9. The summed E-state index contributed by atoms with van der Waals surface area (Å²) in [6.07, 6.45) is 1.88. The number of carbonyl (C=O) groups is 1. The van der Waals surface area contributed by atoms with Crippen LogP contribution in [0.25, 0.3) is 22.2 Å². The van der Waals surface area contributed by atoms with Crippen LogP contribution in [-0.2, 0) is 7.05 Å². The van der Waals surface area contributed by atoms with Crippen molar-refractivity contribution in [2.24, 2.45) is 7.05 Å². The normalized spacial score (nSPS) is 11.1. The van der Waals surface area contributed by atoms with Gasteiger partial charge in [0.05, 0.1) is 5.69 Å². The van der Waals surface area contributed by atoms with Gasteiger partial charge in [-0.05, 0) is 28.1 Å². The third-order valence-electron chi connectivity index (χ3n) is 3.03. The van der Waals surface area contributed by atoms with E-state index < -0.39 is 5.97 Å². The maximum Gasteiger partial charge on any atom is 0.356 e. The molecule has 0 saturated carbocycles. The molecule has 2 aromatic heterocycles. The number of aromatic amines is 1. The highest BCUT2D eigenvalue weighted by molar-refractivity contribution is 9.10. The molecule has 0 amide bonds. The Hall–Kier alpha value is -2.08. The summed E-state index contributed by atoms with van der Waals surface area (Å²) in [5, 5.41) is 14.0. The van der Waals surface area contributed by atoms with Crippen molar-refractivity contribution in [1.29, 1.82) is 0 Å². The fourth-order valence-corrected chi connectivity index (χ4v) is 2.55. The van der Waals surface area contributed by atoms with Crippen molar-refractivity contribution in [3.8, 4) is 11.3 Å². The average Bonchev–Trinajstić information content (AvgIpc) is 2.93. The summed E-state index contributed by atoms with van der Waals surface area (Å²) in [4.78, 5) is 14.1. The van der Waals surface area contributed by atoms with Crippen LogP contribution in [0.4, 0.5) is 0 Å². The van der Waals surface area contributed by atoms with Gasteiger partial charge in [-0.1, -0.05) is 12.1 Å². The van der Waals surface area contributed by atoms with Gasteiger partial charge in [0.2, 0.25) is 0 Å². The quantitative estimate of drug-likeness (QED) is 0.762. The van der Waals surface area contributed by atoms with Crippen molar-refractivity contribution < 1.29 is 9.90 Å². The number of H-pyrrole nitrogens is 1. The van der Waals surface area contributed by atoms with Gasteiger partial charge < -0.3 is 10.1 Å². The molecular weight excluding hydrogens is 310 g/mol. The largest absolute Gasteiger partial charge is 0.476 e. The molecule has 2 N–H and O–H groups in total.